The average molecular weight is 277 g/mol. The number of hydrogen-bond acceptors (Lipinski definition) is 4. The van der Waals surface area contributed by atoms with E-state index in [9.17, 15) is 22.8 Å². The number of aromatic nitrogens is 1. The molecule has 0 spiro atoms. The smallest absolute Gasteiger partial charge is 0.422 e. The van der Waals surface area contributed by atoms with Crippen LogP contribution in [0.4, 0.5) is 13.2 Å². The molecule has 0 fully saturated rings. The lowest BCUT2D eigenvalue weighted by atomic mass is 10.3. The van der Waals surface area contributed by atoms with Crippen LogP contribution >= 0.6 is 0 Å². The lowest BCUT2D eigenvalue weighted by molar-refractivity contribution is -0.161. The maximum atomic E-state index is 11.6. The Kier molecular flexibility index (Phi) is 6.87. The fraction of sp³-hybridized carbons (Fsp3) is 0.182. The Morgan fingerprint density at radius 1 is 1.47 bits per heavy atom. The first kappa shape index (κ1) is 16.6. The standard InChI is InChI=1S/C8H6F3NO2.C3H4O2/c9-8(10,11)5-14-7(13)6-2-1-3-12-4-6;1-2-3(4)5/h1-4H,5H2;2H,1H2,(H,4,5). The van der Waals surface area contributed by atoms with Gasteiger partial charge in [0, 0.05) is 18.5 Å². The molecule has 1 heterocycles. The summed E-state index contributed by atoms with van der Waals surface area (Å²) in [6.07, 6.45) is -1.13. The Balaban J connectivity index is 0.000000555. The minimum absolute atomic E-state index is 0.00301. The summed E-state index contributed by atoms with van der Waals surface area (Å²) in [6.45, 7) is 1.38. The number of pyridine rings is 1. The zero-order valence-electron chi connectivity index (χ0n) is 9.55. The summed E-state index contributed by atoms with van der Waals surface area (Å²) in [5.74, 6) is -2.01. The van der Waals surface area contributed by atoms with Crippen molar-refractivity contribution in [1.82, 2.24) is 4.98 Å². The van der Waals surface area contributed by atoms with E-state index in [1.807, 2.05) is 0 Å². The normalized spacial score (nSPS) is 9.84. The molecule has 0 aliphatic carbocycles. The molecule has 0 saturated heterocycles. The monoisotopic (exact) mass is 277 g/mol. The van der Waals surface area contributed by atoms with Crippen molar-refractivity contribution >= 4 is 11.9 Å². The molecule has 0 amide bonds. The summed E-state index contributed by atoms with van der Waals surface area (Å²) in [6, 6.07) is 2.76. The van der Waals surface area contributed by atoms with Crippen molar-refractivity contribution in [3.63, 3.8) is 0 Å². The minimum Gasteiger partial charge on any atom is -0.478 e. The van der Waals surface area contributed by atoms with Crippen molar-refractivity contribution in [1.29, 1.82) is 0 Å². The first-order valence-corrected chi connectivity index (χ1v) is 4.75. The second-order valence-corrected chi connectivity index (χ2v) is 2.98. The van der Waals surface area contributed by atoms with Gasteiger partial charge in [0.25, 0.3) is 0 Å². The molecule has 0 aromatic carbocycles. The second kappa shape index (κ2) is 7.85. The van der Waals surface area contributed by atoms with E-state index in [0.29, 0.717) is 0 Å². The molecule has 8 heteroatoms. The predicted octanol–water partition coefficient (Wildman–Crippen LogP) is 2.06. The van der Waals surface area contributed by atoms with Crippen molar-refractivity contribution in [3.8, 4) is 0 Å². The molecular formula is C11H10F3NO4. The van der Waals surface area contributed by atoms with E-state index in [0.717, 1.165) is 12.3 Å². The van der Waals surface area contributed by atoms with Crippen LogP contribution < -0.4 is 0 Å². The van der Waals surface area contributed by atoms with E-state index < -0.39 is 24.7 Å². The number of halogens is 3. The van der Waals surface area contributed by atoms with E-state index in [4.69, 9.17) is 5.11 Å². The first-order chi connectivity index (χ1) is 8.76. The van der Waals surface area contributed by atoms with Crippen LogP contribution in [-0.2, 0) is 9.53 Å². The zero-order valence-corrected chi connectivity index (χ0v) is 9.55. The number of ether oxygens (including phenoxy) is 1. The number of carbonyl (C=O) groups is 2. The Morgan fingerprint density at radius 3 is 2.42 bits per heavy atom. The molecule has 1 N–H and O–H groups in total. The van der Waals surface area contributed by atoms with Crippen LogP contribution in [-0.4, -0.2) is 34.8 Å². The molecule has 0 aliphatic heterocycles. The summed E-state index contributed by atoms with van der Waals surface area (Å²) in [4.78, 5) is 23.7. The van der Waals surface area contributed by atoms with Gasteiger partial charge in [0.05, 0.1) is 5.56 Å². The highest BCUT2D eigenvalue weighted by atomic mass is 19.4. The summed E-state index contributed by atoms with van der Waals surface area (Å²) < 4.78 is 38.9. The van der Waals surface area contributed by atoms with Crippen LogP contribution in [0.1, 0.15) is 10.4 Å². The van der Waals surface area contributed by atoms with Crippen LogP contribution in [0.25, 0.3) is 0 Å². The van der Waals surface area contributed by atoms with Crippen LogP contribution in [0.2, 0.25) is 0 Å². The Labute approximate surface area is 106 Å². The van der Waals surface area contributed by atoms with Gasteiger partial charge in [0.2, 0.25) is 0 Å². The van der Waals surface area contributed by atoms with Crippen molar-refractivity contribution in [2.24, 2.45) is 0 Å². The minimum atomic E-state index is -4.50. The molecule has 0 saturated carbocycles. The molecule has 0 radical (unpaired) electrons. The molecule has 0 bridgehead atoms. The number of carboxylic acid groups (broad SMARTS) is 1. The maximum Gasteiger partial charge on any atom is 0.422 e. The highest BCUT2D eigenvalue weighted by Gasteiger charge is 2.29. The largest absolute Gasteiger partial charge is 0.478 e. The molecule has 1 aromatic heterocycles. The topological polar surface area (TPSA) is 76.5 Å². The van der Waals surface area contributed by atoms with Crippen LogP contribution in [0, 0.1) is 0 Å². The number of rotatable bonds is 3. The third kappa shape index (κ3) is 9.33. The zero-order chi connectivity index (χ0) is 14.9. The summed E-state index contributed by atoms with van der Waals surface area (Å²) in [5.41, 5.74) is -0.00301. The third-order valence-electron chi connectivity index (χ3n) is 1.44. The lowest BCUT2D eigenvalue weighted by Crippen LogP contribution is -2.20. The van der Waals surface area contributed by atoms with E-state index in [2.05, 4.69) is 16.3 Å². The fourth-order valence-electron chi connectivity index (χ4n) is 0.714. The average Bonchev–Trinajstić information content (AvgIpc) is 2.37. The SMILES string of the molecule is C=CC(=O)O.O=C(OCC(F)(F)F)c1cccnc1. The van der Waals surface area contributed by atoms with E-state index in [-0.39, 0.29) is 5.56 Å². The van der Waals surface area contributed by atoms with Gasteiger partial charge in [-0.25, -0.2) is 9.59 Å². The number of carbonyl (C=O) groups excluding carboxylic acids is 1. The van der Waals surface area contributed by atoms with Gasteiger partial charge in [-0.15, -0.1) is 0 Å². The molecule has 0 unspecified atom stereocenters. The highest BCUT2D eigenvalue weighted by molar-refractivity contribution is 5.88. The molecule has 5 nitrogen and oxygen atoms in total. The van der Waals surface area contributed by atoms with Gasteiger partial charge in [0.15, 0.2) is 6.61 Å². The van der Waals surface area contributed by atoms with Gasteiger partial charge in [-0.05, 0) is 12.1 Å². The fourth-order valence-corrected chi connectivity index (χ4v) is 0.714. The van der Waals surface area contributed by atoms with Crippen molar-refractivity contribution < 1.29 is 32.6 Å². The molecular weight excluding hydrogens is 267 g/mol. The van der Waals surface area contributed by atoms with Crippen LogP contribution in [0.5, 0.6) is 0 Å². The molecule has 0 atom stereocenters. The van der Waals surface area contributed by atoms with Gasteiger partial charge < -0.3 is 9.84 Å². The van der Waals surface area contributed by atoms with Crippen LogP contribution in [0.3, 0.4) is 0 Å². The second-order valence-electron chi connectivity index (χ2n) is 2.98. The van der Waals surface area contributed by atoms with Gasteiger partial charge in [-0.3, -0.25) is 4.98 Å². The van der Waals surface area contributed by atoms with Gasteiger partial charge in [-0.2, -0.15) is 13.2 Å². The predicted molar refractivity (Wildman–Crippen MR) is 58.4 cm³/mol. The Morgan fingerprint density at radius 2 is 2.05 bits per heavy atom. The summed E-state index contributed by atoms with van der Waals surface area (Å²) in [7, 11) is 0. The van der Waals surface area contributed by atoms with Crippen LogP contribution in [0.15, 0.2) is 37.2 Å². The third-order valence-corrected chi connectivity index (χ3v) is 1.44. The Hall–Kier alpha value is -2.38. The van der Waals surface area contributed by atoms with Gasteiger partial charge in [-0.1, -0.05) is 6.58 Å². The maximum absolute atomic E-state index is 11.6. The molecule has 1 rings (SSSR count). The number of alkyl halides is 3. The van der Waals surface area contributed by atoms with Gasteiger partial charge in [0.1, 0.15) is 0 Å². The molecule has 0 aliphatic rings. The molecule has 104 valence electrons. The number of nitrogens with zero attached hydrogens (tertiary/aromatic N) is 1. The Bertz CT molecular complexity index is 431. The quantitative estimate of drug-likeness (QED) is 0.676. The van der Waals surface area contributed by atoms with Crippen molar-refractivity contribution in [2.75, 3.05) is 6.61 Å². The number of esters is 1. The number of hydrogen-bond donors (Lipinski definition) is 1. The molecule has 1 aromatic rings. The first-order valence-electron chi connectivity index (χ1n) is 4.75. The van der Waals surface area contributed by atoms with E-state index >= 15 is 0 Å². The lowest BCUT2D eigenvalue weighted by Gasteiger charge is -2.06. The van der Waals surface area contributed by atoms with Crippen molar-refractivity contribution in [3.05, 3.63) is 42.7 Å². The number of aliphatic carboxylic acids is 1. The summed E-state index contributed by atoms with van der Waals surface area (Å²) in [5, 5.41) is 7.60. The summed E-state index contributed by atoms with van der Waals surface area (Å²) >= 11 is 0. The van der Waals surface area contributed by atoms with Crippen molar-refractivity contribution in [2.45, 2.75) is 6.18 Å². The van der Waals surface area contributed by atoms with E-state index in [1.54, 1.807) is 0 Å². The van der Waals surface area contributed by atoms with Gasteiger partial charge >= 0.3 is 18.1 Å². The number of carboxylic acids is 1. The molecule has 19 heavy (non-hydrogen) atoms. The highest BCUT2D eigenvalue weighted by Crippen LogP contribution is 2.15. The van der Waals surface area contributed by atoms with E-state index in [1.165, 1.54) is 18.3 Å².